The lowest BCUT2D eigenvalue weighted by molar-refractivity contribution is 0.210. The summed E-state index contributed by atoms with van der Waals surface area (Å²) in [6.45, 7) is 10.9. The van der Waals surface area contributed by atoms with Crippen molar-refractivity contribution in [2.75, 3.05) is 0 Å². The molecule has 0 aliphatic heterocycles. The van der Waals surface area contributed by atoms with Gasteiger partial charge in [0.05, 0.1) is 10.7 Å². The third kappa shape index (κ3) is 5.71. The molecule has 4 rings (SSSR count). The van der Waals surface area contributed by atoms with E-state index in [-0.39, 0.29) is 6.10 Å². The van der Waals surface area contributed by atoms with Gasteiger partial charge in [-0.2, -0.15) is 0 Å². The van der Waals surface area contributed by atoms with Crippen molar-refractivity contribution in [2.24, 2.45) is 0 Å². The van der Waals surface area contributed by atoms with Gasteiger partial charge in [-0.3, -0.25) is 4.57 Å². The topological polar surface area (TPSA) is 52.8 Å². The van der Waals surface area contributed by atoms with Crippen LogP contribution in [0.15, 0.2) is 71.7 Å². The molecule has 176 valence electrons. The first-order valence-electron chi connectivity index (χ1n) is 11.1. The molecule has 1 atom stereocenters. The summed E-state index contributed by atoms with van der Waals surface area (Å²) in [5, 5.41) is 13.4. The number of halogens is 1. The molecule has 0 saturated heterocycles. The molecule has 0 saturated carbocycles. The number of rotatable bonds is 10. The van der Waals surface area contributed by atoms with Crippen molar-refractivity contribution in [1.29, 1.82) is 0 Å². The maximum absolute atomic E-state index is 6.33. The second-order valence-corrected chi connectivity index (χ2v) is 10.3. The van der Waals surface area contributed by atoms with Crippen molar-refractivity contribution < 1.29 is 4.74 Å². The van der Waals surface area contributed by atoms with E-state index in [9.17, 15) is 0 Å². The summed E-state index contributed by atoms with van der Waals surface area (Å²) in [5.41, 5.74) is 3.22. The first-order chi connectivity index (χ1) is 16.5. The molecule has 0 spiro atoms. The third-order valence-electron chi connectivity index (χ3n) is 5.29. The Kier molecular flexibility index (Phi) is 8.08. The fraction of sp³-hybridized carbons (Fsp3) is 0.269. The molecule has 4 aromatic rings. The minimum absolute atomic E-state index is 0.252. The van der Waals surface area contributed by atoms with Crippen molar-refractivity contribution >= 4 is 34.7 Å². The fourth-order valence-electron chi connectivity index (χ4n) is 3.47. The van der Waals surface area contributed by atoms with Crippen molar-refractivity contribution in [2.45, 2.75) is 50.2 Å². The van der Waals surface area contributed by atoms with Gasteiger partial charge >= 0.3 is 0 Å². The summed E-state index contributed by atoms with van der Waals surface area (Å²) in [6.07, 6.45) is 1.59. The summed E-state index contributed by atoms with van der Waals surface area (Å²) in [6, 6.07) is 16.0. The normalized spacial score (nSPS) is 12.1. The van der Waals surface area contributed by atoms with Gasteiger partial charge in [0.15, 0.2) is 17.1 Å². The van der Waals surface area contributed by atoms with Gasteiger partial charge in [-0.15, -0.1) is 28.1 Å². The summed E-state index contributed by atoms with van der Waals surface area (Å²) in [7, 11) is 0. The maximum atomic E-state index is 6.33. The van der Waals surface area contributed by atoms with Crippen LogP contribution in [0.25, 0.3) is 10.6 Å². The van der Waals surface area contributed by atoms with E-state index < -0.39 is 0 Å². The van der Waals surface area contributed by atoms with Crippen LogP contribution in [0.1, 0.15) is 49.9 Å². The zero-order chi connectivity index (χ0) is 24.1. The average Bonchev–Trinajstić information content (AvgIpc) is 3.46. The van der Waals surface area contributed by atoms with E-state index in [4.69, 9.17) is 21.3 Å². The number of nitrogens with zero attached hydrogens (tertiary/aromatic N) is 4. The zero-order valence-corrected chi connectivity index (χ0v) is 21.8. The van der Waals surface area contributed by atoms with Gasteiger partial charge in [0.25, 0.3) is 0 Å². The van der Waals surface area contributed by atoms with Crippen LogP contribution in [0.2, 0.25) is 5.02 Å². The molecule has 0 aliphatic carbocycles. The molecule has 2 aromatic carbocycles. The number of aromatic nitrogens is 4. The maximum Gasteiger partial charge on any atom is 0.192 e. The van der Waals surface area contributed by atoms with E-state index in [0.717, 1.165) is 33.0 Å². The van der Waals surface area contributed by atoms with E-state index in [1.165, 1.54) is 5.56 Å². The quantitative estimate of drug-likeness (QED) is 0.161. The van der Waals surface area contributed by atoms with E-state index in [0.29, 0.717) is 23.2 Å². The van der Waals surface area contributed by atoms with Gasteiger partial charge < -0.3 is 4.74 Å². The van der Waals surface area contributed by atoms with Crippen molar-refractivity contribution in [1.82, 2.24) is 19.7 Å². The Hall–Kier alpha value is -2.61. The predicted molar refractivity (Wildman–Crippen MR) is 142 cm³/mol. The fourth-order valence-corrected chi connectivity index (χ4v) is 5.56. The van der Waals surface area contributed by atoms with Crippen molar-refractivity contribution in [3.05, 3.63) is 88.7 Å². The second-order valence-electron chi connectivity index (χ2n) is 8.14. The number of hydrogen-bond donors (Lipinski definition) is 0. The molecule has 0 N–H and O–H groups in total. The highest BCUT2D eigenvalue weighted by Gasteiger charge is 2.20. The molecule has 0 bridgehead atoms. The monoisotopic (exact) mass is 510 g/mol. The first kappa shape index (κ1) is 24.5. The number of ether oxygens (including phenoxy) is 1. The molecule has 0 aliphatic rings. The lowest BCUT2D eigenvalue weighted by Gasteiger charge is -2.16. The van der Waals surface area contributed by atoms with Crippen LogP contribution < -0.4 is 4.74 Å². The van der Waals surface area contributed by atoms with Gasteiger partial charge in [-0.05, 0) is 36.6 Å². The second kappa shape index (κ2) is 11.2. The van der Waals surface area contributed by atoms with Gasteiger partial charge in [-0.1, -0.05) is 73.6 Å². The molecule has 2 heterocycles. The highest BCUT2D eigenvalue weighted by Crippen LogP contribution is 2.32. The minimum Gasteiger partial charge on any atom is -0.483 e. The third-order valence-corrected chi connectivity index (χ3v) is 7.54. The first-order valence-corrected chi connectivity index (χ1v) is 13.3. The summed E-state index contributed by atoms with van der Waals surface area (Å²) >= 11 is 9.52. The molecule has 5 nitrogen and oxygen atoms in total. The number of benzene rings is 2. The van der Waals surface area contributed by atoms with Gasteiger partial charge in [-0.25, -0.2) is 4.98 Å². The molecule has 0 radical (unpaired) electrons. The Morgan fingerprint density at radius 3 is 2.59 bits per heavy atom. The van der Waals surface area contributed by atoms with Crippen LogP contribution in [-0.4, -0.2) is 19.7 Å². The highest BCUT2D eigenvalue weighted by molar-refractivity contribution is 7.98. The Morgan fingerprint density at radius 2 is 1.88 bits per heavy atom. The van der Waals surface area contributed by atoms with E-state index in [1.807, 2.05) is 54.0 Å². The summed E-state index contributed by atoms with van der Waals surface area (Å²) in [4.78, 5) is 4.76. The zero-order valence-electron chi connectivity index (χ0n) is 19.4. The van der Waals surface area contributed by atoms with Crippen molar-refractivity contribution in [3.63, 3.8) is 0 Å². The van der Waals surface area contributed by atoms with Crippen LogP contribution in [0.4, 0.5) is 0 Å². The number of hydrogen-bond acceptors (Lipinski definition) is 6. The predicted octanol–water partition coefficient (Wildman–Crippen LogP) is 7.80. The smallest absolute Gasteiger partial charge is 0.192 e. The van der Waals surface area contributed by atoms with Gasteiger partial charge in [0.1, 0.15) is 10.8 Å². The molecule has 0 fully saturated rings. The van der Waals surface area contributed by atoms with Crippen LogP contribution >= 0.6 is 34.7 Å². The lowest BCUT2D eigenvalue weighted by Crippen LogP contribution is -2.12. The largest absolute Gasteiger partial charge is 0.483 e. The molecule has 0 amide bonds. The summed E-state index contributed by atoms with van der Waals surface area (Å²) < 4.78 is 8.22. The molecular weight excluding hydrogens is 484 g/mol. The van der Waals surface area contributed by atoms with E-state index in [1.54, 1.807) is 23.1 Å². The van der Waals surface area contributed by atoms with Gasteiger partial charge in [0, 0.05) is 23.2 Å². The number of thioether (sulfide) groups is 1. The molecular formula is C26H27ClN4OS2. The van der Waals surface area contributed by atoms with Gasteiger partial charge in [0.2, 0.25) is 0 Å². The van der Waals surface area contributed by atoms with Crippen LogP contribution in [-0.2, 0) is 12.3 Å². The number of allylic oxidation sites excluding steroid dienone is 1. The highest BCUT2D eigenvalue weighted by atomic mass is 35.5. The molecule has 1 unspecified atom stereocenters. The Balaban J connectivity index is 1.46. The number of thiazole rings is 1. The SMILES string of the molecule is C=CCn1c(SCc2csc(-c3ccccc3Cl)n2)nnc1C(C)Oc1ccc(C(C)C)cc1. The van der Waals surface area contributed by atoms with Crippen LogP contribution in [0.3, 0.4) is 0 Å². The molecule has 34 heavy (non-hydrogen) atoms. The van der Waals surface area contributed by atoms with E-state index in [2.05, 4.69) is 48.1 Å². The minimum atomic E-state index is -0.252. The average molecular weight is 511 g/mol. The lowest BCUT2D eigenvalue weighted by atomic mass is 10.0. The Morgan fingerprint density at radius 1 is 1.12 bits per heavy atom. The standard InChI is InChI=1S/C26H27ClN4OS2/c1-5-14-31-24(18(4)32-21-12-10-19(11-13-21)17(2)3)29-30-26(31)34-16-20-15-33-25(28-20)22-8-6-7-9-23(22)27/h5-13,15,17-18H,1,14,16H2,2-4H3. The molecule has 2 aromatic heterocycles. The molecule has 8 heteroatoms. The summed E-state index contributed by atoms with van der Waals surface area (Å²) in [5.74, 6) is 2.75. The Bertz CT molecular complexity index is 1250. The van der Waals surface area contributed by atoms with Crippen LogP contribution in [0.5, 0.6) is 5.75 Å². The van der Waals surface area contributed by atoms with E-state index >= 15 is 0 Å². The Labute approximate surface area is 213 Å². The van der Waals surface area contributed by atoms with Crippen LogP contribution in [0, 0.1) is 0 Å². The van der Waals surface area contributed by atoms with Crippen molar-refractivity contribution in [3.8, 4) is 16.3 Å².